The molecule has 1 aromatic carbocycles. The number of hydrogen-bond donors (Lipinski definition) is 0. The SMILES string of the molecule is CC1=CC(C)(S(=O)(=O)n2ccc3cccc(Br)c32)CC=C1I. The maximum absolute atomic E-state index is 13.3. The molecule has 0 saturated carbocycles. The summed E-state index contributed by atoms with van der Waals surface area (Å²) in [5.74, 6) is 0. The number of nitrogens with zero attached hydrogens (tertiary/aromatic N) is 1. The highest BCUT2D eigenvalue weighted by molar-refractivity contribution is 14.1. The van der Waals surface area contributed by atoms with Crippen LogP contribution >= 0.6 is 38.5 Å². The summed E-state index contributed by atoms with van der Waals surface area (Å²) in [7, 11) is -3.56. The molecule has 22 heavy (non-hydrogen) atoms. The van der Waals surface area contributed by atoms with E-state index >= 15 is 0 Å². The Morgan fingerprint density at radius 2 is 2.05 bits per heavy atom. The fourth-order valence-corrected chi connectivity index (χ4v) is 5.57. The van der Waals surface area contributed by atoms with E-state index in [0.29, 0.717) is 11.9 Å². The van der Waals surface area contributed by atoms with Gasteiger partial charge in [0.05, 0.1) is 5.52 Å². The third-order valence-electron chi connectivity index (χ3n) is 4.06. The molecule has 1 atom stereocenters. The molecule has 0 spiro atoms. The maximum Gasteiger partial charge on any atom is 0.248 e. The van der Waals surface area contributed by atoms with Crippen molar-refractivity contribution in [1.29, 1.82) is 0 Å². The van der Waals surface area contributed by atoms with E-state index in [9.17, 15) is 8.42 Å². The van der Waals surface area contributed by atoms with Crippen molar-refractivity contribution >= 4 is 59.4 Å². The summed E-state index contributed by atoms with van der Waals surface area (Å²) >= 11 is 5.71. The molecule has 0 fully saturated rings. The average Bonchev–Trinajstić information content (AvgIpc) is 2.89. The van der Waals surface area contributed by atoms with Gasteiger partial charge in [-0.1, -0.05) is 24.3 Å². The Morgan fingerprint density at radius 1 is 1.32 bits per heavy atom. The van der Waals surface area contributed by atoms with Gasteiger partial charge < -0.3 is 0 Å². The molecule has 0 bridgehead atoms. The van der Waals surface area contributed by atoms with E-state index in [-0.39, 0.29) is 0 Å². The fraction of sp³-hybridized carbons (Fsp3) is 0.250. The highest BCUT2D eigenvalue weighted by Gasteiger charge is 2.40. The van der Waals surface area contributed by atoms with Crippen LogP contribution in [0.25, 0.3) is 10.9 Å². The van der Waals surface area contributed by atoms with Crippen molar-refractivity contribution in [3.8, 4) is 0 Å². The molecular weight excluding hydrogens is 477 g/mol. The highest BCUT2D eigenvalue weighted by Crippen LogP contribution is 2.37. The van der Waals surface area contributed by atoms with Gasteiger partial charge >= 0.3 is 0 Å². The van der Waals surface area contributed by atoms with Crippen LogP contribution in [0.15, 0.2) is 56.2 Å². The molecule has 0 radical (unpaired) electrons. The van der Waals surface area contributed by atoms with Crippen LogP contribution in [0.4, 0.5) is 0 Å². The van der Waals surface area contributed by atoms with E-state index in [0.717, 1.165) is 19.0 Å². The number of allylic oxidation sites excluding steroid dienone is 3. The lowest BCUT2D eigenvalue weighted by Gasteiger charge is -2.29. The molecule has 0 N–H and O–H groups in total. The zero-order valence-corrected chi connectivity index (χ0v) is 16.7. The molecule has 0 saturated heterocycles. The van der Waals surface area contributed by atoms with Gasteiger partial charge in [-0.15, -0.1) is 0 Å². The molecule has 3 rings (SSSR count). The Morgan fingerprint density at radius 3 is 2.73 bits per heavy atom. The Bertz CT molecular complexity index is 927. The molecule has 2 aromatic rings. The van der Waals surface area contributed by atoms with E-state index in [2.05, 4.69) is 38.5 Å². The van der Waals surface area contributed by atoms with Gasteiger partial charge in [0, 0.05) is 19.6 Å². The smallest absolute Gasteiger partial charge is 0.243 e. The number of halogens is 2. The van der Waals surface area contributed by atoms with Crippen molar-refractivity contribution in [1.82, 2.24) is 3.97 Å². The first kappa shape index (κ1) is 16.3. The molecule has 116 valence electrons. The Labute approximate surface area is 152 Å². The van der Waals surface area contributed by atoms with Crippen molar-refractivity contribution < 1.29 is 8.42 Å². The number of para-hydroxylation sites is 1. The third kappa shape index (κ3) is 2.39. The van der Waals surface area contributed by atoms with E-state index in [1.807, 2.05) is 43.3 Å². The van der Waals surface area contributed by atoms with Crippen molar-refractivity contribution in [2.45, 2.75) is 25.0 Å². The van der Waals surface area contributed by atoms with Gasteiger partial charge in [0.2, 0.25) is 10.0 Å². The van der Waals surface area contributed by atoms with E-state index in [4.69, 9.17) is 0 Å². The van der Waals surface area contributed by atoms with Crippen molar-refractivity contribution in [2.75, 3.05) is 0 Å². The predicted molar refractivity (Wildman–Crippen MR) is 103 cm³/mol. The van der Waals surface area contributed by atoms with Crippen LogP contribution in [0.5, 0.6) is 0 Å². The zero-order valence-electron chi connectivity index (χ0n) is 12.2. The molecule has 6 heteroatoms. The maximum atomic E-state index is 13.3. The van der Waals surface area contributed by atoms with Crippen LogP contribution in [0, 0.1) is 0 Å². The number of fused-ring (bicyclic) bond motifs is 1. The van der Waals surface area contributed by atoms with Crippen LogP contribution in [0.3, 0.4) is 0 Å². The largest absolute Gasteiger partial charge is 0.248 e. The lowest BCUT2D eigenvalue weighted by Crippen LogP contribution is -2.38. The minimum atomic E-state index is -3.56. The van der Waals surface area contributed by atoms with Crippen LogP contribution in [0.1, 0.15) is 20.3 Å². The van der Waals surface area contributed by atoms with Crippen LogP contribution in [-0.4, -0.2) is 17.1 Å². The quantitative estimate of drug-likeness (QED) is 0.554. The number of aromatic nitrogens is 1. The van der Waals surface area contributed by atoms with Gasteiger partial charge in [-0.2, -0.15) is 0 Å². The average molecular weight is 492 g/mol. The van der Waals surface area contributed by atoms with Gasteiger partial charge in [0.1, 0.15) is 4.75 Å². The van der Waals surface area contributed by atoms with Crippen LogP contribution in [0.2, 0.25) is 0 Å². The van der Waals surface area contributed by atoms with E-state index < -0.39 is 14.8 Å². The van der Waals surface area contributed by atoms with Crippen molar-refractivity contribution in [3.05, 3.63) is 56.2 Å². The first-order valence-electron chi connectivity index (χ1n) is 6.82. The lowest BCUT2D eigenvalue weighted by atomic mass is 9.98. The molecule has 1 unspecified atom stereocenters. The first-order valence-corrected chi connectivity index (χ1v) is 10.1. The van der Waals surface area contributed by atoms with Crippen molar-refractivity contribution in [3.63, 3.8) is 0 Å². The number of rotatable bonds is 2. The van der Waals surface area contributed by atoms with Crippen molar-refractivity contribution in [2.24, 2.45) is 0 Å². The summed E-state index contributed by atoms with van der Waals surface area (Å²) in [6.45, 7) is 3.74. The van der Waals surface area contributed by atoms with Gasteiger partial charge in [-0.25, -0.2) is 12.4 Å². The Kier molecular flexibility index (Phi) is 4.06. The van der Waals surface area contributed by atoms with E-state index in [1.165, 1.54) is 3.97 Å². The van der Waals surface area contributed by atoms with Crippen LogP contribution < -0.4 is 0 Å². The normalized spacial score (nSPS) is 22.5. The molecule has 0 aliphatic heterocycles. The summed E-state index contributed by atoms with van der Waals surface area (Å²) < 4.78 is 28.9. The van der Waals surface area contributed by atoms with Gasteiger partial charge in [0.15, 0.2) is 0 Å². The molecule has 1 aliphatic rings. The molecule has 1 heterocycles. The minimum Gasteiger partial charge on any atom is -0.243 e. The second-order valence-corrected chi connectivity index (χ2v) is 9.98. The summed E-state index contributed by atoms with van der Waals surface area (Å²) in [5, 5.41) is 0.906. The number of hydrogen-bond acceptors (Lipinski definition) is 2. The summed E-state index contributed by atoms with van der Waals surface area (Å²) in [6, 6.07) is 7.52. The topological polar surface area (TPSA) is 39.1 Å². The predicted octanol–water partition coefficient (Wildman–Crippen LogP) is 5.01. The molecule has 1 aliphatic carbocycles. The molecular formula is C16H15BrINO2S. The summed E-state index contributed by atoms with van der Waals surface area (Å²) in [5.41, 5.74) is 1.70. The minimum absolute atomic E-state index is 0.481. The number of benzene rings is 1. The molecule has 3 nitrogen and oxygen atoms in total. The molecule has 1 aromatic heterocycles. The third-order valence-corrected chi connectivity index (χ3v) is 8.28. The second kappa shape index (κ2) is 5.49. The van der Waals surface area contributed by atoms with Crippen LogP contribution in [-0.2, 0) is 10.0 Å². The van der Waals surface area contributed by atoms with Gasteiger partial charge in [0.25, 0.3) is 0 Å². The zero-order chi connectivity index (χ0) is 16.1. The highest BCUT2D eigenvalue weighted by atomic mass is 127. The van der Waals surface area contributed by atoms with Gasteiger partial charge in [-0.05, 0) is 76.5 Å². The van der Waals surface area contributed by atoms with Gasteiger partial charge in [-0.3, -0.25) is 0 Å². The standard InChI is InChI=1S/C16H15BrINO2S/c1-11-10-16(2,8-6-14(11)18)22(20,21)19-9-7-12-4-3-5-13(17)15(12)19/h3-7,9-10H,8H2,1-2H3. The Hall–Kier alpha value is -0.600. The summed E-state index contributed by atoms with van der Waals surface area (Å²) in [4.78, 5) is 0. The second-order valence-electron chi connectivity index (χ2n) is 5.69. The monoisotopic (exact) mass is 491 g/mol. The molecule has 0 amide bonds. The van der Waals surface area contributed by atoms with E-state index in [1.54, 1.807) is 13.1 Å². The lowest BCUT2D eigenvalue weighted by molar-refractivity contribution is 0.554. The Balaban J connectivity index is 2.22. The summed E-state index contributed by atoms with van der Waals surface area (Å²) in [6.07, 6.45) is 5.98. The first-order chi connectivity index (χ1) is 10.3. The fourth-order valence-electron chi connectivity index (χ4n) is 2.77.